The fourth-order valence-corrected chi connectivity index (χ4v) is 3.81. The second-order valence-corrected chi connectivity index (χ2v) is 6.62. The number of hydrogen-bond acceptors (Lipinski definition) is 5. The van der Waals surface area contributed by atoms with Gasteiger partial charge in [-0.15, -0.1) is 11.3 Å². The molecule has 0 radical (unpaired) electrons. The summed E-state index contributed by atoms with van der Waals surface area (Å²) in [6, 6.07) is 1.87. The van der Waals surface area contributed by atoms with E-state index in [0.29, 0.717) is 0 Å². The van der Waals surface area contributed by atoms with Crippen molar-refractivity contribution in [3.05, 3.63) is 40.4 Å². The van der Waals surface area contributed by atoms with Gasteiger partial charge in [-0.05, 0) is 44.3 Å². The topological polar surface area (TPSA) is 41.9 Å². The summed E-state index contributed by atoms with van der Waals surface area (Å²) in [7, 11) is 0. The summed E-state index contributed by atoms with van der Waals surface area (Å²) in [6.07, 6.45) is 8.36. The van der Waals surface area contributed by atoms with Crippen LogP contribution in [0.3, 0.4) is 0 Å². The zero-order chi connectivity index (χ0) is 14.5. The Labute approximate surface area is 130 Å². The van der Waals surface area contributed by atoms with Crippen molar-refractivity contribution >= 4 is 11.3 Å². The van der Waals surface area contributed by atoms with Gasteiger partial charge in [0, 0.05) is 24.2 Å². The minimum absolute atomic E-state index is 0.786. The third-order valence-corrected chi connectivity index (χ3v) is 5.04. The summed E-state index contributed by atoms with van der Waals surface area (Å²) in [4.78, 5) is 15.8. The molecule has 1 aliphatic heterocycles. The molecule has 0 aromatic carbocycles. The highest BCUT2D eigenvalue weighted by Crippen LogP contribution is 2.24. The number of hydrogen-bond donors (Lipinski definition) is 0. The zero-order valence-electron chi connectivity index (χ0n) is 12.5. The highest BCUT2D eigenvalue weighted by atomic mass is 32.1. The lowest BCUT2D eigenvalue weighted by molar-refractivity contribution is 0.173. The van der Waals surface area contributed by atoms with E-state index in [-0.39, 0.29) is 0 Å². The summed E-state index contributed by atoms with van der Waals surface area (Å²) in [5.41, 5.74) is 1.24. The molecule has 3 rings (SSSR count). The van der Waals surface area contributed by atoms with Crippen molar-refractivity contribution in [2.24, 2.45) is 5.92 Å². The number of piperidine rings is 1. The maximum atomic E-state index is 4.69. The average Bonchev–Trinajstić information content (AvgIpc) is 2.98. The van der Waals surface area contributed by atoms with E-state index in [1.165, 1.54) is 23.5 Å². The van der Waals surface area contributed by atoms with E-state index in [2.05, 4.69) is 27.2 Å². The number of likely N-dealkylation sites (tertiary alicyclic amines) is 1. The molecule has 1 saturated heterocycles. The Morgan fingerprint density at radius 1 is 1.24 bits per heavy atom. The van der Waals surface area contributed by atoms with Gasteiger partial charge in [-0.25, -0.2) is 15.0 Å². The van der Waals surface area contributed by atoms with Crippen molar-refractivity contribution < 1.29 is 0 Å². The molecule has 1 fully saturated rings. The van der Waals surface area contributed by atoms with Crippen LogP contribution in [-0.2, 0) is 19.4 Å². The van der Waals surface area contributed by atoms with Gasteiger partial charge < -0.3 is 0 Å². The van der Waals surface area contributed by atoms with Gasteiger partial charge in [0.2, 0.25) is 0 Å². The van der Waals surface area contributed by atoms with Crippen LogP contribution in [0.25, 0.3) is 0 Å². The quantitative estimate of drug-likeness (QED) is 0.851. The van der Waals surface area contributed by atoms with Crippen molar-refractivity contribution in [3.63, 3.8) is 0 Å². The molecule has 0 amide bonds. The monoisotopic (exact) mass is 302 g/mol. The van der Waals surface area contributed by atoms with Crippen molar-refractivity contribution in [3.8, 4) is 0 Å². The maximum absolute atomic E-state index is 4.69. The Morgan fingerprint density at radius 3 is 2.67 bits per heavy atom. The van der Waals surface area contributed by atoms with Gasteiger partial charge in [0.1, 0.15) is 5.82 Å². The Kier molecular flexibility index (Phi) is 4.93. The predicted molar refractivity (Wildman–Crippen MR) is 85.2 cm³/mol. The smallest absolute Gasteiger partial charge is 0.142 e. The van der Waals surface area contributed by atoms with Crippen LogP contribution in [0.1, 0.15) is 36.3 Å². The predicted octanol–water partition coefficient (Wildman–Crippen LogP) is 2.95. The van der Waals surface area contributed by atoms with Crippen LogP contribution in [0.2, 0.25) is 0 Å². The van der Waals surface area contributed by atoms with Gasteiger partial charge in [0.05, 0.1) is 17.2 Å². The van der Waals surface area contributed by atoms with Gasteiger partial charge in [-0.2, -0.15) is 0 Å². The van der Waals surface area contributed by atoms with Crippen LogP contribution in [-0.4, -0.2) is 32.9 Å². The fraction of sp³-hybridized carbons (Fsp3) is 0.562. The molecule has 0 bridgehead atoms. The third-order valence-electron chi connectivity index (χ3n) is 4.12. The fourth-order valence-electron chi connectivity index (χ4n) is 2.81. The molecule has 2 aromatic heterocycles. The third kappa shape index (κ3) is 4.08. The Bertz CT molecular complexity index is 546. The first-order valence-electron chi connectivity index (χ1n) is 7.75. The number of nitrogens with zero attached hydrogens (tertiary/aromatic N) is 4. The summed E-state index contributed by atoms with van der Waals surface area (Å²) < 4.78 is 0. The molecule has 112 valence electrons. The molecule has 0 atom stereocenters. The molecule has 1 aliphatic rings. The van der Waals surface area contributed by atoms with E-state index in [1.807, 2.05) is 29.8 Å². The second kappa shape index (κ2) is 7.09. The van der Waals surface area contributed by atoms with Crippen LogP contribution >= 0.6 is 11.3 Å². The molecular weight excluding hydrogens is 280 g/mol. The van der Waals surface area contributed by atoms with Gasteiger partial charge >= 0.3 is 0 Å². The lowest BCUT2D eigenvalue weighted by Crippen LogP contribution is -2.34. The summed E-state index contributed by atoms with van der Waals surface area (Å²) in [6.45, 7) is 5.34. The maximum Gasteiger partial charge on any atom is 0.142 e. The normalized spacial score (nSPS) is 17.2. The van der Waals surface area contributed by atoms with Crippen LogP contribution in [0.4, 0.5) is 0 Å². The van der Waals surface area contributed by atoms with Crippen LogP contribution in [0.15, 0.2) is 23.8 Å². The van der Waals surface area contributed by atoms with Gasteiger partial charge in [-0.3, -0.25) is 4.90 Å². The lowest BCUT2D eigenvalue weighted by atomic mass is 9.94. The van der Waals surface area contributed by atoms with Crippen molar-refractivity contribution in [2.75, 3.05) is 13.1 Å². The molecule has 4 nitrogen and oxygen atoms in total. The molecule has 2 aromatic rings. The zero-order valence-corrected chi connectivity index (χ0v) is 13.4. The molecule has 3 heterocycles. The van der Waals surface area contributed by atoms with Crippen molar-refractivity contribution in [1.82, 2.24) is 19.9 Å². The minimum atomic E-state index is 0.786. The molecule has 0 aliphatic carbocycles. The molecule has 0 N–H and O–H groups in total. The summed E-state index contributed by atoms with van der Waals surface area (Å²) in [5, 5.41) is 3.52. The van der Waals surface area contributed by atoms with Crippen LogP contribution in [0.5, 0.6) is 0 Å². The minimum Gasteiger partial charge on any atom is -0.296 e. The van der Waals surface area contributed by atoms with Crippen molar-refractivity contribution in [1.29, 1.82) is 0 Å². The van der Waals surface area contributed by atoms with E-state index in [9.17, 15) is 0 Å². The van der Waals surface area contributed by atoms with E-state index in [1.54, 1.807) is 0 Å². The first-order valence-corrected chi connectivity index (χ1v) is 8.63. The first-order chi connectivity index (χ1) is 10.3. The lowest BCUT2D eigenvalue weighted by Gasteiger charge is -2.31. The van der Waals surface area contributed by atoms with Crippen molar-refractivity contribution in [2.45, 2.75) is 39.2 Å². The molecule has 21 heavy (non-hydrogen) atoms. The van der Waals surface area contributed by atoms with Gasteiger partial charge in [0.25, 0.3) is 0 Å². The Morgan fingerprint density at radius 2 is 2.00 bits per heavy atom. The summed E-state index contributed by atoms with van der Waals surface area (Å²) >= 11 is 1.83. The second-order valence-electron chi connectivity index (χ2n) is 5.67. The number of thiazole rings is 1. The van der Waals surface area contributed by atoms with Gasteiger partial charge in [0.15, 0.2) is 0 Å². The van der Waals surface area contributed by atoms with E-state index in [0.717, 1.165) is 44.2 Å². The highest BCUT2D eigenvalue weighted by Gasteiger charge is 2.21. The standard InChI is InChI=1S/C16H22N4S/c1-2-14-12-21-16(19-14)10-13-4-8-20(9-5-13)11-15-17-6-3-7-18-15/h3,6-7,12-13H,2,4-5,8-11H2,1H3. The SMILES string of the molecule is CCc1csc(CC2CCN(Cc3ncccn3)CC2)n1. The highest BCUT2D eigenvalue weighted by molar-refractivity contribution is 7.09. The number of rotatable bonds is 5. The summed E-state index contributed by atoms with van der Waals surface area (Å²) in [5.74, 6) is 1.72. The Hall–Kier alpha value is -1.33. The molecule has 0 unspecified atom stereocenters. The van der Waals surface area contributed by atoms with Crippen LogP contribution in [0, 0.1) is 5.92 Å². The van der Waals surface area contributed by atoms with E-state index in [4.69, 9.17) is 4.98 Å². The Balaban J connectivity index is 1.46. The molecule has 0 spiro atoms. The van der Waals surface area contributed by atoms with E-state index < -0.39 is 0 Å². The first kappa shape index (κ1) is 14.6. The average molecular weight is 302 g/mol. The van der Waals surface area contributed by atoms with E-state index >= 15 is 0 Å². The molecular formula is C16H22N4S. The van der Waals surface area contributed by atoms with Crippen LogP contribution < -0.4 is 0 Å². The largest absolute Gasteiger partial charge is 0.296 e. The molecule has 5 heteroatoms. The number of aryl methyl sites for hydroxylation is 1. The number of aromatic nitrogens is 3. The van der Waals surface area contributed by atoms with Gasteiger partial charge in [-0.1, -0.05) is 6.92 Å². The molecule has 0 saturated carbocycles.